The zero-order valence-electron chi connectivity index (χ0n) is 16.7. The molecule has 0 aromatic heterocycles. The zero-order valence-corrected chi connectivity index (χ0v) is 16.7. The van der Waals surface area contributed by atoms with Gasteiger partial charge in [0.05, 0.1) is 11.5 Å². The first-order valence-electron chi connectivity index (χ1n) is 10.0. The molecule has 5 rings (SSSR count). The van der Waals surface area contributed by atoms with Gasteiger partial charge < -0.3 is 40.1 Å². The maximum absolute atomic E-state index is 12.6. The van der Waals surface area contributed by atoms with Crippen molar-refractivity contribution in [3.05, 3.63) is 11.6 Å². The Balaban J connectivity index is 1.86. The molecule has 1 unspecified atom stereocenters. The van der Waals surface area contributed by atoms with Crippen LogP contribution < -0.4 is 0 Å². The number of aliphatic hydroxyl groups excluding tert-OH is 5. The van der Waals surface area contributed by atoms with Gasteiger partial charge in [-0.2, -0.15) is 0 Å². The molecular weight excluding hydrogens is 400 g/mol. The van der Waals surface area contributed by atoms with Crippen molar-refractivity contribution in [2.45, 2.75) is 75.2 Å². The second kappa shape index (κ2) is 5.50. The Morgan fingerprint density at radius 3 is 2.33 bits per heavy atom. The molecular formula is C20H26O10. The molecule has 2 saturated heterocycles. The molecule has 2 bridgehead atoms. The molecule has 10 nitrogen and oxygen atoms in total. The van der Waals surface area contributed by atoms with Gasteiger partial charge in [-0.15, -0.1) is 0 Å². The number of carbonyl (C=O) groups is 2. The maximum Gasteiger partial charge on any atom is 0.338 e. The third-order valence-electron chi connectivity index (χ3n) is 8.99. The average Bonchev–Trinajstić information content (AvgIpc) is 2.81. The first-order chi connectivity index (χ1) is 13.8. The van der Waals surface area contributed by atoms with E-state index < -0.39 is 82.4 Å². The van der Waals surface area contributed by atoms with E-state index in [1.54, 1.807) is 13.8 Å². The summed E-state index contributed by atoms with van der Waals surface area (Å²) in [6, 6.07) is 0. The van der Waals surface area contributed by atoms with Gasteiger partial charge in [0.25, 0.3) is 0 Å². The van der Waals surface area contributed by atoms with Gasteiger partial charge in [0.1, 0.15) is 29.5 Å². The van der Waals surface area contributed by atoms with Crippen molar-refractivity contribution >= 4 is 11.8 Å². The average molecular weight is 426 g/mol. The summed E-state index contributed by atoms with van der Waals surface area (Å²) >= 11 is 0. The van der Waals surface area contributed by atoms with Gasteiger partial charge in [0.15, 0.2) is 18.2 Å². The van der Waals surface area contributed by atoms with E-state index in [0.717, 1.165) is 0 Å². The summed E-state index contributed by atoms with van der Waals surface area (Å²) in [4.78, 5) is 25.1. The highest BCUT2D eigenvalue weighted by atomic mass is 16.7. The molecule has 30 heavy (non-hydrogen) atoms. The number of allylic oxidation sites excluding steroid dienone is 1. The molecule has 1 spiro atoms. The molecule has 12 atom stereocenters. The number of carbonyl (C=O) groups excluding carboxylic acids is 2. The quantitative estimate of drug-likeness (QED) is 0.225. The summed E-state index contributed by atoms with van der Waals surface area (Å²) in [5, 5.41) is 66.9. The van der Waals surface area contributed by atoms with Crippen molar-refractivity contribution in [2.75, 3.05) is 0 Å². The molecule has 2 heterocycles. The minimum atomic E-state index is -2.55. The topological polar surface area (TPSA) is 174 Å². The highest BCUT2D eigenvalue weighted by Gasteiger charge is 2.91. The number of esters is 1. The number of hydrogen-bond acceptors (Lipinski definition) is 10. The van der Waals surface area contributed by atoms with Crippen LogP contribution >= 0.6 is 0 Å². The molecule has 0 radical (unpaired) electrons. The van der Waals surface area contributed by atoms with E-state index >= 15 is 0 Å². The van der Waals surface area contributed by atoms with Crippen molar-refractivity contribution in [1.29, 1.82) is 0 Å². The lowest BCUT2D eigenvalue weighted by atomic mass is 9.36. The maximum atomic E-state index is 12.6. The van der Waals surface area contributed by atoms with Crippen LogP contribution in [0, 0.1) is 22.7 Å². The third kappa shape index (κ3) is 1.69. The third-order valence-corrected chi connectivity index (χ3v) is 8.99. The second-order valence-electron chi connectivity index (χ2n) is 9.87. The summed E-state index contributed by atoms with van der Waals surface area (Å²) in [5.74, 6) is -3.68. The smallest absolute Gasteiger partial charge is 0.338 e. The van der Waals surface area contributed by atoms with Crippen LogP contribution in [-0.4, -0.2) is 90.4 Å². The molecule has 0 aromatic carbocycles. The lowest BCUT2D eigenvalue weighted by molar-refractivity contribution is -0.358. The van der Waals surface area contributed by atoms with Crippen LogP contribution in [-0.2, 0) is 19.1 Å². The molecule has 2 saturated carbocycles. The van der Waals surface area contributed by atoms with Crippen LogP contribution in [0.15, 0.2) is 11.6 Å². The predicted molar refractivity (Wildman–Crippen MR) is 95.3 cm³/mol. The van der Waals surface area contributed by atoms with E-state index in [-0.39, 0.29) is 6.42 Å². The lowest BCUT2D eigenvalue weighted by Crippen LogP contribution is -2.87. The number of hydrogen-bond donors (Lipinski definition) is 6. The van der Waals surface area contributed by atoms with Gasteiger partial charge in [0.2, 0.25) is 0 Å². The van der Waals surface area contributed by atoms with E-state index in [1.165, 1.54) is 13.0 Å². The molecule has 5 aliphatic rings. The van der Waals surface area contributed by atoms with Crippen LogP contribution in [0.1, 0.15) is 27.2 Å². The Bertz CT molecular complexity index is 887. The van der Waals surface area contributed by atoms with Gasteiger partial charge in [-0.25, -0.2) is 4.79 Å². The van der Waals surface area contributed by atoms with Crippen LogP contribution in [0.5, 0.6) is 0 Å². The summed E-state index contributed by atoms with van der Waals surface area (Å²) in [6.45, 7) is 4.42. The van der Waals surface area contributed by atoms with E-state index in [4.69, 9.17) is 9.47 Å². The minimum Gasteiger partial charge on any atom is -0.459 e. The highest BCUT2D eigenvalue weighted by Crippen LogP contribution is 2.74. The summed E-state index contributed by atoms with van der Waals surface area (Å²) in [5.41, 5.74) is -7.53. The van der Waals surface area contributed by atoms with E-state index in [9.17, 15) is 40.2 Å². The van der Waals surface area contributed by atoms with Crippen LogP contribution in [0.4, 0.5) is 0 Å². The minimum absolute atomic E-state index is 0.0136. The Labute approximate surface area is 171 Å². The molecule has 0 amide bonds. The van der Waals surface area contributed by atoms with Crippen molar-refractivity contribution in [3.8, 4) is 0 Å². The predicted octanol–water partition coefficient (Wildman–Crippen LogP) is -2.63. The van der Waals surface area contributed by atoms with Gasteiger partial charge in [-0.3, -0.25) is 4.79 Å². The molecule has 0 aromatic rings. The number of rotatable bonds is 0. The number of ketones is 1. The molecule has 166 valence electrons. The summed E-state index contributed by atoms with van der Waals surface area (Å²) in [7, 11) is 0. The van der Waals surface area contributed by atoms with E-state index in [2.05, 4.69) is 0 Å². The van der Waals surface area contributed by atoms with Crippen LogP contribution in [0.3, 0.4) is 0 Å². The number of fused-ring (bicyclic) bond motifs is 2. The van der Waals surface area contributed by atoms with Crippen molar-refractivity contribution in [1.82, 2.24) is 0 Å². The SMILES string of the molecule is CC1=CC(=O)[C@@H](O)[C@]2(C)[C@H]3[C@@H](O)[C@H](O)[C@@]4(C)OC(O)[C@@]35[C@@H](C[C@@H]12)OC(=O)[C@H](O)[C@]54O. The van der Waals surface area contributed by atoms with Crippen molar-refractivity contribution in [3.63, 3.8) is 0 Å². The molecule has 6 N–H and O–H groups in total. The summed E-state index contributed by atoms with van der Waals surface area (Å²) in [6.07, 6.45) is -9.08. The van der Waals surface area contributed by atoms with Gasteiger partial charge in [-0.1, -0.05) is 12.5 Å². The Morgan fingerprint density at radius 1 is 1.07 bits per heavy atom. The van der Waals surface area contributed by atoms with Crippen LogP contribution in [0.25, 0.3) is 0 Å². The van der Waals surface area contributed by atoms with Gasteiger partial charge >= 0.3 is 5.97 Å². The number of ether oxygens (including phenoxy) is 2. The first-order valence-corrected chi connectivity index (χ1v) is 10.0. The number of aliphatic hydroxyl groups is 6. The standard InChI is InChI=1S/C20H26O10/c1-6-4-8(21)12(23)17(2)7(6)5-9-19-11(17)10(22)13(24)18(3,30-16(19)27)20(19,28)14(25)15(26)29-9/h4,7,9-14,16,22-25,27-28H,5H2,1-3H3/t7-,9+,10+,11+,12+,13-,14-,16?,17-,18+,19+,20+/m0/s1. The Hall–Kier alpha value is -1.40. The van der Waals surface area contributed by atoms with Crippen molar-refractivity contribution < 1.29 is 49.7 Å². The summed E-state index contributed by atoms with van der Waals surface area (Å²) < 4.78 is 11.0. The Morgan fingerprint density at radius 2 is 1.70 bits per heavy atom. The first kappa shape index (κ1) is 20.5. The second-order valence-corrected chi connectivity index (χ2v) is 9.87. The lowest BCUT2D eigenvalue weighted by Gasteiger charge is -2.70. The fourth-order valence-corrected chi connectivity index (χ4v) is 7.66. The molecule has 3 aliphatic carbocycles. The fraction of sp³-hybridized carbons (Fsp3) is 0.800. The fourth-order valence-electron chi connectivity index (χ4n) is 7.66. The van der Waals surface area contributed by atoms with Crippen LogP contribution in [0.2, 0.25) is 0 Å². The Kier molecular flexibility index (Phi) is 3.76. The van der Waals surface area contributed by atoms with Gasteiger partial charge in [-0.05, 0) is 32.3 Å². The van der Waals surface area contributed by atoms with Crippen molar-refractivity contribution in [2.24, 2.45) is 22.7 Å². The monoisotopic (exact) mass is 426 g/mol. The zero-order chi connectivity index (χ0) is 22.2. The molecule has 2 aliphatic heterocycles. The van der Waals surface area contributed by atoms with E-state index in [1.807, 2.05) is 0 Å². The highest BCUT2D eigenvalue weighted by molar-refractivity contribution is 5.96. The van der Waals surface area contributed by atoms with Gasteiger partial charge in [0, 0.05) is 11.3 Å². The van der Waals surface area contributed by atoms with E-state index in [0.29, 0.717) is 5.57 Å². The molecule has 4 fully saturated rings. The largest absolute Gasteiger partial charge is 0.459 e. The normalized spacial score (nSPS) is 61.7. The molecule has 10 heteroatoms.